The van der Waals surface area contributed by atoms with Crippen molar-refractivity contribution in [3.63, 3.8) is 0 Å². The fourth-order valence-corrected chi connectivity index (χ4v) is 2.50. The molecule has 2 unspecified atom stereocenters. The monoisotopic (exact) mass is 267 g/mol. The number of rotatable bonds is 4. The van der Waals surface area contributed by atoms with Crippen molar-refractivity contribution in [2.24, 2.45) is 5.92 Å². The van der Waals surface area contributed by atoms with Crippen LogP contribution < -0.4 is 10.1 Å². The molecule has 1 fully saturated rings. The van der Waals surface area contributed by atoms with Crippen molar-refractivity contribution in [1.82, 2.24) is 5.32 Å². The summed E-state index contributed by atoms with van der Waals surface area (Å²) in [5, 5.41) is 12.1. The molecule has 19 heavy (non-hydrogen) atoms. The first-order valence-corrected chi connectivity index (χ1v) is 6.41. The highest BCUT2D eigenvalue weighted by Gasteiger charge is 2.28. The van der Waals surface area contributed by atoms with Crippen molar-refractivity contribution in [3.8, 4) is 5.75 Å². The Balaban J connectivity index is 2.07. The number of aliphatic hydroxyl groups is 1. The third kappa shape index (κ3) is 3.04. The highest BCUT2D eigenvalue weighted by Crippen LogP contribution is 2.25. The quantitative estimate of drug-likeness (QED) is 0.873. The molecule has 0 aliphatic heterocycles. The molecule has 2 N–H and O–H groups in total. The molecule has 0 bridgehead atoms. The first kappa shape index (κ1) is 13.8. The number of hydrogen-bond acceptors (Lipinski definition) is 3. The fourth-order valence-electron chi connectivity index (χ4n) is 2.50. The summed E-state index contributed by atoms with van der Waals surface area (Å²) in [6, 6.07) is 4.02. The summed E-state index contributed by atoms with van der Waals surface area (Å²) in [6.45, 7) is 0.0810. The molecular weight excluding hydrogens is 249 g/mol. The number of methoxy groups -OCH3 is 1. The topological polar surface area (TPSA) is 58.6 Å². The molecule has 1 amide bonds. The molecule has 0 saturated heterocycles. The third-order valence-corrected chi connectivity index (χ3v) is 3.62. The SMILES string of the molecule is COc1cc(C(=O)NC2CCCC2CO)ccc1F. The van der Waals surface area contributed by atoms with Gasteiger partial charge in [-0.25, -0.2) is 4.39 Å². The van der Waals surface area contributed by atoms with Gasteiger partial charge in [-0.05, 0) is 31.0 Å². The van der Waals surface area contributed by atoms with E-state index in [0.29, 0.717) is 5.56 Å². The Morgan fingerprint density at radius 1 is 1.53 bits per heavy atom. The number of aliphatic hydroxyl groups excluding tert-OH is 1. The first-order valence-electron chi connectivity index (χ1n) is 6.41. The standard InChI is InChI=1S/C14H18FNO3/c1-19-13-7-9(5-6-11(13)15)14(18)16-12-4-2-3-10(12)8-17/h5-7,10,12,17H,2-4,8H2,1H3,(H,16,18). The maximum Gasteiger partial charge on any atom is 0.251 e. The molecule has 1 aliphatic rings. The second-order valence-electron chi connectivity index (χ2n) is 4.80. The van der Waals surface area contributed by atoms with Gasteiger partial charge in [0.15, 0.2) is 11.6 Å². The Kier molecular flexibility index (Phi) is 4.37. The molecule has 1 aliphatic carbocycles. The van der Waals surface area contributed by atoms with E-state index in [4.69, 9.17) is 4.74 Å². The molecular formula is C14H18FNO3. The van der Waals surface area contributed by atoms with Gasteiger partial charge >= 0.3 is 0 Å². The fraction of sp³-hybridized carbons (Fsp3) is 0.500. The van der Waals surface area contributed by atoms with Crippen LogP contribution in [-0.2, 0) is 0 Å². The number of halogens is 1. The molecule has 0 heterocycles. The number of carbonyl (C=O) groups is 1. The van der Waals surface area contributed by atoms with Gasteiger partial charge in [-0.2, -0.15) is 0 Å². The van der Waals surface area contributed by atoms with Crippen LogP contribution in [0, 0.1) is 11.7 Å². The lowest BCUT2D eigenvalue weighted by Gasteiger charge is -2.19. The van der Waals surface area contributed by atoms with Crippen LogP contribution in [0.15, 0.2) is 18.2 Å². The minimum atomic E-state index is -0.492. The van der Waals surface area contributed by atoms with Gasteiger partial charge in [0.25, 0.3) is 5.91 Å². The number of benzene rings is 1. The van der Waals surface area contributed by atoms with E-state index in [1.165, 1.54) is 25.3 Å². The average molecular weight is 267 g/mol. The smallest absolute Gasteiger partial charge is 0.251 e. The normalized spacial score (nSPS) is 22.3. The minimum Gasteiger partial charge on any atom is -0.494 e. The van der Waals surface area contributed by atoms with Crippen LogP contribution in [0.4, 0.5) is 4.39 Å². The van der Waals surface area contributed by atoms with Crippen molar-refractivity contribution in [3.05, 3.63) is 29.6 Å². The predicted octanol–water partition coefficient (Wildman–Crippen LogP) is 1.73. The maximum atomic E-state index is 13.3. The van der Waals surface area contributed by atoms with E-state index in [2.05, 4.69) is 5.32 Å². The molecule has 104 valence electrons. The van der Waals surface area contributed by atoms with Gasteiger partial charge in [-0.3, -0.25) is 4.79 Å². The summed E-state index contributed by atoms with van der Waals surface area (Å²) in [6.07, 6.45) is 2.80. The molecule has 1 aromatic rings. The minimum absolute atomic E-state index is 0.00597. The Bertz CT molecular complexity index is 464. The van der Waals surface area contributed by atoms with Crippen molar-refractivity contribution >= 4 is 5.91 Å². The molecule has 0 aromatic heterocycles. The van der Waals surface area contributed by atoms with Crippen LogP contribution in [-0.4, -0.2) is 30.8 Å². The van der Waals surface area contributed by atoms with Crippen LogP contribution in [0.1, 0.15) is 29.6 Å². The zero-order valence-electron chi connectivity index (χ0n) is 10.9. The molecule has 1 aromatic carbocycles. The van der Waals surface area contributed by atoms with Crippen LogP contribution in [0.5, 0.6) is 5.75 Å². The number of amides is 1. The van der Waals surface area contributed by atoms with Crippen LogP contribution in [0.3, 0.4) is 0 Å². The van der Waals surface area contributed by atoms with Gasteiger partial charge in [-0.1, -0.05) is 6.42 Å². The summed E-state index contributed by atoms with van der Waals surface area (Å²) in [4.78, 5) is 12.1. The number of ether oxygens (including phenoxy) is 1. The van der Waals surface area contributed by atoms with E-state index in [-0.39, 0.29) is 30.2 Å². The van der Waals surface area contributed by atoms with Crippen molar-refractivity contribution < 1.29 is 19.0 Å². The van der Waals surface area contributed by atoms with E-state index in [1.807, 2.05) is 0 Å². The predicted molar refractivity (Wildman–Crippen MR) is 68.6 cm³/mol. The largest absolute Gasteiger partial charge is 0.494 e. The Morgan fingerprint density at radius 2 is 2.32 bits per heavy atom. The summed E-state index contributed by atoms with van der Waals surface area (Å²) < 4.78 is 18.1. The van der Waals surface area contributed by atoms with E-state index in [9.17, 15) is 14.3 Å². The molecule has 2 atom stereocenters. The highest BCUT2D eigenvalue weighted by molar-refractivity contribution is 5.94. The molecule has 2 rings (SSSR count). The van der Waals surface area contributed by atoms with Crippen molar-refractivity contribution in [1.29, 1.82) is 0 Å². The summed E-state index contributed by atoms with van der Waals surface area (Å²) in [7, 11) is 1.36. The average Bonchev–Trinajstić information content (AvgIpc) is 2.86. The van der Waals surface area contributed by atoms with Gasteiger partial charge in [0.1, 0.15) is 0 Å². The van der Waals surface area contributed by atoms with E-state index >= 15 is 0 Å². The molecule has 0 spiro atoms. The Labute approximate surface area is 111 Å². The lowest BCUT2D eigenvalue weighted by atomic mass is 10.0. The van der Waals surface area contributed by atoms with Gasteiger partial charge in [0, 0.05) is 24.1 Å². The van der Waals surface area contributed by atoms with Gasteiger partial charge < -0.3 is 15.2 Å². The van der Waals surface area contributed by atoms with Crippen molar-refractivity contribution in [2.75, 3.05) is 13.7 Å². The lowest BCUT2D eigenvalue weighted by Crippen LogP contribution is -2.38. The zero-order chi connectivity index (χ0) is 13.8. The van der Waals surface area contributed by atoms with E-state index < -0.39 is 5.82 Å². The summed E-state index contributed by atoms with van der Waals surface area (Å²) >= 11 is 0. The summed E-state index contributed by atoms with van der Waals surface area (Å²) in [5.41, 5.74) is 0.363. The molecule has 1 saturated carbocycles. The second kappa shape index (κ2) is 6.02. The highest BCUT2D eigenvalue weighted by atomic mass is 19.1. The summed E-state index contributed by atoms with van der Waals surface area (Å²) in [5.74, 6) is -0.583. The van der Waals surface area contributed by atoms with Crippen LogP contribution in [0.25, 0.3) is 0 Å². The van der Waals surface area contributed by atoms with Crippen LogP contribution >= 0.6 is 0 Å². The zero-order valence-corrected chi connectivity index (χ0v) is 10.9. The number of nitrogens with one attached hydrogen (secondary N) is 1. The molecule has 0 radical (unpaired) electrons. The van der Waals surface area contributed by atoms with Gasteiger partial charge in [-0.15, -0.1) is 0 Å². The second-order valence-corrected chi connectivity index (χ2v) is 4.80. The van der Waals surface area contributed by atoms with Gasteiger partial charge in [0.05, 0.1) is 7.11 Å². The maximum absolute atomic E-state index is 13.3. The first-order chi connectivity index (χ1) is 9.15. The molecule has 5 heteroatoms. The lowest BCUT2D eigenvalue weighted by molar-refractivity contribution is 0.0915. The van der Waals surface area contributed by atoms with E-state index in [1.54, 1.807) is 0 Å². The van der Waals surface area contributed by atoms with Crippen molar-refractivity contribution in [2.45, 2.75) is 25.3 Å². The van der Waals surface area contributed by atoms with Crippen LogP contribution in [0.2, 0.25) is 0 Å². The Hall–Kier alpha value is -1.62. The molecule has 4 nitrogen and oxygen atoms in total. The van der Waals surface area contributed by atoms with Gasteiger partial charge in [0.2, 0.25) is 0 Å². The van der Waals surface area contributed by atoms with E-state index in [0.717, 1.165) is 19.3 Å². The third-order valence-electron chi connectivity index (χ3n) is 3.62. The Morgan fingerprint density at radius 3 is 3.00 bits per heavy atom. The number of hydrogen-bond donors (Lipinski definition) is 2. The number of carbonyl (C=O) groups excluding carboxylic acids is 1.